The Bertz CT molecular complexity index is 1050. The number of unbranched alkanes of at least 4 members (excludes halogenated alkanes) is 2. The van der Waals surface area contributed by atoms with E-state index in [2.05, 4.69) is 86.0 Å². The first-order valence-electron chi connectivity index (χ1n) is 11.9. The second kappa shape index (κ2) is 9.58. The van der Waals surface area contributed by atoms with E-state index in [4.69, 9.17) is 0 Å². The van der Waals surface area contributed by atoms with Gasteiger partial charge in [-0.3, -0.25) is 4.79 Å². The fourth-order valence-electron chi connectivity index (χ4n) is 4.66. The lowest BCUT2D eigenvalue weighted by atomic mass is 9.83. The van der Waals surface area contributed by atoms with Crippen molar-refractivity contribution in [2.75, 3.05) is 22.9 Å². The number of allylic oxidation sites excluding steroid dienone is 3. The smallest absolute Gasteiger partial charge is 0.183 e. The Labute approximate surface area is 197 Å². The molecule has 0 fully saturated rings. The first-order chi connectivity index (χ1) is 15.5. The number of hydrogen-bond acceptors (Lipinski definition) is 4. The minimum atomic E-state index is -0.188. The number of anilines is 2. The Hall–Kier alpha value is -2.46. The van der Waals surface area contributed by atoms with Gasteiger partial charge < -0.3 is 9.80 Å². The summed E-state index contributed by atoms with van der Waals surface area (Å²) in [5.74, 6) is 0.0687. The molecule has 4 heteroatoms. The first-order valence-corrected chi connectivity index (χ1v) is 12.7. The molecule has 0 amide bonds. The highest BCUT2D eigenvalue weighted by Crippen LogP contribution is 2.48. The zero-order chi connectivity index (χ0) is 22.7. The predicted molar refractivity (Wildman–Crippen MR) is 137 cm³/mol. The number of ketones is 1. The Morgan fingerprint density at radius 3 is 2.22 bits per heavy atom. The van der Waals surface area contributed by atoms with Gasteiger partial charge in [-0.2, -0.15) is 0 Å². The van der Waals surface area contributed by atoms with E-state index >= 15 is 0 Å². The lowest BCUT2D eigenvalue weighted by Gasteiger charge is -2.27. The van der Waals surface area contributed by atoms with Crippen LogP contribution in [0.5, 0.6) is 0 Å². The summed E-state index contributed by atoms with van der Waals surface area (Å²) in [6, 6.07) is 17.0. The molecule has 0 aliphatic carbocycles. The van der Waals surface area contributed by atoms with E-state index in [-0.39, 0.29) is 11.2 Å². The normalized spacial score (nSPS) is 19.0. The maximum Gasteiger partial charge on any atom is 0.183 e. The lowest BCUT2D eigenvalue weighted by Crippen LogP contribution is -2.28. The summed E-state index contributed by atoms with van der Waals surface area (Å²) in [7, 11) is 0. The van der Waals surface area contributed by atoms with Crippen LogP contribution in [-0.4, -0.2) is 18.9 Å². The van der Waals surface area contributed by atoms with Crippen LogP contribution >= 0.6 is 11.8 Å². The molecule has 168 valence electrons. The van der Waals surface area contributed by atoms with E-state index in [0.717, 1.165) is 49.5 Å². The van der Waals surface area contributed by atoms with E-state index < -0.39 is 0 Å². The molecule has 2 aromatic rings. The van der Waals surface area contributed by atoms with Crippen molar-refractivity contribution in [3.63, 3.8) is 0 Å². The number of fused-ring (bicyclic) bond motifs is 2. The Kier molecular flexibility index (Phi) is 6.80. The largest absolute Gasteiger partial charge is 0.344 e. The van der Waals surface area contributed by atoms with Gasteiger partial charge in [0.15, 0.2) is 5.78 Å². The minimum Gasteiger partial charge on any atom is -0.344 e. The quantitative estimate of drug-likeness (QED) is 0.397. The molecule has 0 spiro atoms. The molecule has 32 heavy (non-hydrogen) atoms. The molecule has 2 heterocycles. The lowest BCUT2D eigenvalue weighted by molar-refractivity contribution is -0.110. The third-order valence-electron chi connectivity index (χ3n) is 6.45. The van der Waals surface area contributed by atoms with E-state index in [0.29, 0.717) is 0 Å². The van der Waals surface area contributed by atoms with Crippen molar-refractivity contribution in [2.45, 2.75) is 63.7 Å². The van der Waals surface area contributed by atoms with Crippen molar-refractivity contribution in [3.8, 4) is 0 Å². The van der Waals surface area contributed by atoms with Crippen molar-refractivity contribution in [1.82, 2.24) is 0 Å². The van der Waals surface area contributed by atoms with Crippen LogP contribution in [0.4, 0.5) is 11.4 Å². The molecule has 2 aromatic carbocycles. The number of para-hydroxylation sites is 2. The molecule has 2 aliphatic heterocycles. The van der Waals surface area contributed by atoms with E-state index in [1.165, 1.54) is 21.8 Å². The molecule has 2 aliphatic rings. The average Bonchev–Trinajstić information content (AvgIpc) is 3.23. The van der Waals surface area contributed by atoms with Gasteiger partial charge >= 0.3 is 0 Å². The highest BCUT2D eigenvalue weighted by atomic mass is 32.2. The minimum absolute atomic E-state index is 0.0687. The molecule has 0 bridgehead atoms. The van der Waals surface area contributed by atoms with Crippen LogP contribution in [-0.2, 0) is 10.2 Å². The fourth-order valence-corrected chi connectivity index (χ4v) is 5.79. The van der Waals surface area contributed by atoms with Crippen LogP contribution < -0.4 is 9.80 Å². The van der Waals surface area contributed by atoms with Gasteiger partial charge in [-0.15, -0.1) is 0 Å². The second-order valence-corrected chi connectivity index (χ2v) is 10.2. The van der Waals surface area contributed by atoms with Crippen molar-refractivity contribution in [1.29, 1.82) is 0 Å². The SMILES string of the molecule is CCCCN1C(=CC(=O)C=C2N(CCCC)c3ccccc3C2(C)C)Sc2ccccc21. The van der Waals surface area contributed by atoms with Gasteiger partial charge in [-0.25, -0.2) is 0 Å². The third-order valence-corrected chi connectivity index (χ3v) is 7.56. The van der Waals surface area contributed by atoms with Crippen molar-refractivity contribution in [3.05, 3.63) is 77.0 Å². The molecule has 0 atom stereocenters. The zero-order valence-electron chi connectivity index (χ0n) is 19.7. The number of nitrogens with zero attached hydrogens (tertiary/aromatic N) is 2. The van der Waals surface area contributed by atoms with Crippen LogP contribution in [0.15, 0.2) is 76.3 Å². The molecule has 0 N–H and O–H groups in total. The number of rotatable bonds is 8. The van der Waals surface area contributed by atoms with Gasteiger partial charge in [0.05, 0.1) is 10.7 Å². The maximum absolute atomic E-state index is 13.4. The second-order valence-electron chi connectivity index (χ2n) is 9.14. The molecule has 0 saturated carbocycles. The summed E-state index contributed by atoms with van der Waals surface area (Å²) in [5, 5.41) is 1.04. The monoisotopic (exact) mass is 446 g/mol. The maximum atomic E-state index is 13.4. The average molecular weight is 447 g/mol. The molecule has 4 rings (SSSR count). The van der Waals surface area contributed by atoms with Crippen LogP contribution in [0.1, 0.15) is 58.9 Å². The van der Waals surface area contributed by atoms with Gasteiger partial charge in [0.25, 0.3) is 0 Å². The zero-order valence-corrected chi connectivity index (χ0v) is 20.5. The summed E-state index contributed by atoms with van der Waals surface area (Å²) in [6.07, 6.45) is 8.19. The van der Waals surface area contributed by atoms with Gasteiger partial charge in [0.1, 0.15) is 0 Å². The van der Waals surface area contributed by atoms with Gasteiger partial charge in [0.2, 0.25) is 0 Å². The summed E-state index contributed by atoms with van der Waals surface area (Å²) >= 11 is 1.71. The molecule has 0 radical (unpaired) electrons. The molecule has 0 unspecified atom stereocenters. The van der Waals surface area contributed by atoms with Crippen LogP contribution in [0, 0.1) is 0 Å². The Balaban J connectivity index is 1.67. The van der Waals surface area contributed by atoms with Gasteiger partial charge in [0, 0.05) is 46.9 Å². The van der Waals surface area contributed by atoms with Gasteiger partial charge in [-0.05, 0) is 36.6 Å². The molecule has 3 nitrogen and oxygen atoms in total. The highest BCUT2D eigenvalue weighted by molar-refractivity contribution is 8.03. The van der Waals surface area contributed by atoms with E-state index in [1.54, 1.807) is 11.8 Å². The summed E-state index contributed by atoms with van der Waals surface area (Å²) in [6.45, 7) is 10.8. The first kappa shape index (κ1) is 22.7. The molecular weight excluding hydrogens is 412 g/mol. The van der Waals surface area contributed by atoms with Gasteiger partial charge in [-0.1, -0.05) is 82.6 Å². The number of carbonyl (C=O) groups is 1. The summed E-state index contributed by atoms with van der Waals surface area (Å²) in [5.41, 5.74) is 4.68. The van der Waals surface area contributed by atoms with E-state index in [9.17, 15) is 4.79 Å². The third kappa shape index (κ3) is 4.25. The highest BCUT2D eigenvalue weighted by Gasteiger charge is 2.40. The number of carbonyl (C=O) groups excluding carboxylic acids is 1. The fraction of sp³-hybridized carbons (Fsp3) is 0.393. The predicted octanol–water partition coefficient (Wildman–Crippen LogP) is 7.29. The molecule has 0 aromatic heterocycles. The van der Waals surface area contributed by atoms with Crippen LogP contribution in [0.25, 0.3) is 0 Å². The van der Waals surface area contributed by atoms with E-state index in [1.807, 2.05) is 12.2 Å². The van der Waals surface area contributed by atoms with Crippen molar-refractivity contribution >= 4 is 28.9 Å². The topological polar surface area (TPSA) is 23.6 Å². The molecular formula is C28H34N2OS. The standard InChI is InChI=1S/C28H34N2OS/c1-5-7-17-29-23-14-10-9-13-22(23)28(3,4)26(29)19-21(31)20-27-30(18-8-6-2)24-15-11-12-16-25(24)32-27/h9-16,19-20H,5-8,17-18H2,1-4H3. The number of benzene rings is 2. The summed E-state index contributed by atoms with van der Waals surface area (Å²) in [4.78, 5) is 19.3. The Morgan fingerprint density at radius 2 is 1.50 bits per heavy atom. The molecule has 0 saturated heterocycles. The number of thioether (sulfide) groups is 1. The number of hydrogen-bond donors (Lipinski definition) is 0. The summed E-state index contributed by atoms with van der Waals surface area (Å²) < 4.78 is 0. The van der Waals surface area contributed by atoms with Crippen molar-refractivity contribution < 1.29 is 4.79 Å². The van der Waals surface area contributed by atoms with Crippen LogP contribution in [0.2, 0.25) is 0 Å². The van der Waals surface area contributed by atoms with Crippen molar-refractivity contribution in [2.24, 2.45) is 0 Å². The Morgan fingerprint density at radius 1 is 0.875 bits per heavy atom. The van der Waals surface area contributed by atoms with Crippen LogP contribution in [0.3, 0.4) is 0 Å².